The van der Waals surface area contributed by atoms with E-state index in [9.17, 15) is 9.59 Å². The second kappa shape index (κ2) is 9.08. The number of rotatable bonds is 3. The van der Waals surface area contributed by atoms with Crippen LogP contribution in [0.15, 0.2) is 41.6 Å². The van der Waals surface area contributed by atoms with Crippen LogP contribution in [0, 0.1) is 19.7 Å². The van der Waals surface area contributed by atoms with Crippen LogP contribution < -0.4 is 10.3 Å². The molecule has 1 saturated heterocycles. The number of aryl methyl sites for hydroxylation is 2. The summed E-state index contributed by atoms with van der Waals surface area (Å²) in [5.41, 5.74) is 2.65. The van der Waals surface area contributed by atoms with Crippen LogP contribution in [0.1, 0.15) is 63.8 Å². The van der Waals surface area contributed by atoms with Gasteiger partial charge in [0.15, 0.2) is 0 Å². The smallest absolute Gasteiger partial charge is 0.410 e. The summed E-state index contributed by atoms with van der Waals surface area (Å²) in [7, 11) is 1.59. The van der Waals surface area contributed by atoms with Gasteiger partial charge in [-0.3, -0.25) is 4.79 Å². The second-order valence-corrected chi connectivity index (χ2v) is 12.3. The number of methoxy groups -OCH3 is 1. The van der Waals surface area contributed by atoms with Gasteiger partial charge in [-0.05, 0) is 89.5 Å². The monoisotopic (exact) mass is 546 g/mol. The first-order chi connectivity index (χ1) is 18.9. The van der Waals surface area contributed by atoms with Crippen LogP contribution in [0.4, 0.5) is 9.18 Å². The van der Waals surface area contributed by atoms with Crippen molar-refractivity contribution in [2.45, 2.75) is 77.5 Å². The summed E-state index contributed by atoms with van der Waals surface area (Å²) < 4.78 is 30.7. The van der Waals surface area contributed by atoms with Gasteiger partial charge in [0.05, 0.1) is 18.2 Å². The summed E-state index contributed by atoms with van der Waals surface area (Å²) in [6.07, 6.45) is 8.28. The van der Waals surface area contributed by atoms with E-state index < -0.39 is 11.4 Å². The topological polar surface area (TPSA) is 78.1 Å². The number of aromatic nitrogens is 3. The molecule has 1 aromatic carbocycles. The van der Waals surface area contributed by atoms with Crippen LogP contribution in [0.5, 0.6) is 5.75 Å². The number of ether oxygens (including phenoxy) is 2. The third-order valence-corrected chi connectivity index (χ3v) is 8.25. The zero-order chi connectivity index (χ0) is 28.6. The first-order valence-corrected chi connectivity index (χ1v) is 13.8. The third kappa shape index (κ3) is 4.32. The standard InChI is InChI=1S/C31H35FN4O4/c1-18-16-34-17-23(26(39-6)19(2)27(34)33-18)21-13-20-7-11-35(28(37)25(20)24(32)14-21)22-8-12-36(31(15-22)9-10-31)29(38)40-30(3,4)5/h7,11,13-14,16-17,22H,8-10,12,15H2,1-6H3. The number of likely N-dealkylation sites (tertiary alicyclic amines) is 1. The Balaban J connectivity index is 1.35. The first kappa shape index (κ1) is 26.3. The minimum atomic E-state index is -0.569. The molecule has 9 heteroatoms. The van der Waals surface area contributed by atoms with E-state index in [-0.39, 0.29) is 28.6 Å². The van der Waals surface area contributed by atoms with E-state index >= 15 is 4.39 Å². The van der Waals surface area contributed by atoms with Crippen molar-refractivity contribution in [3.8, 4) is 16.9 Å². The Morgan fingerprint density at radius 1 is 1.18 bits per heavy atom. The van der Waals surface area contributed by atoms with Crippen LogP contribution in [-0.2, 0) is 4.74 Å². The van der Waals surface area contributed by atoms with Crippen molar-refractivity contribution < 1.29 is 18.7 Å². The van der Waals surface area contributed by atoms with Crippen molar-refractivity contribution in [1.29, 1.82) is 0 Å². The zero-order valence-electron chi connectivity index (χ0n) is 23.9. The van der Waals surface area contributed by atoms with Gasteiger partial charge in [-0.2, -0.15) is 0 Å². The highest BCUT2D eigenvalue weighted by molar-refractivity contribution is 5.89. The molecule has 0 N–H and O–H groups in total. The molecule has 3 aromatic heterocycles. The number of carbonyl (C=O) groups excluding carboxylic acids is 1. The first-order valence-electron chi connectivity index (χ1n) is 13.8. The SMILES string of the molecule is COc1c(-c2cc(F)c3c(=O)n(C4CCN(C(=O)OC(C)(C)C)C5(CC5)C4)ccc3c2)cn2cc(C)nc2c1C. The molecule has 6 rings (SSSR count). The Bertz CT molecular complexity index is 1730. The lowest BCUT2D eigenvalue weighted by Gasteiger charge is -2.41. The van der Waals surface area contributed by atoms with Crippen LogP contribution in [0.2, 0.25) is 0 Å². The Morgan fingerprint density at radius 3 is 2.60 bits per heavy atom. The largest absolute Gasteiger partial charge is 0.496 e. The number of imidazole rings is 1. The highest BCUT2D eigenvalue weighted by atomic mass is 19.1. The molecular weight excluding hydrogens is 511 g/mol. The molecule has 40 heavy (non-hydrogen) atoms. The molecule has 2 fully saturated rings. The van der Waals surface area contributed by atoms with Gasteiger partial charge in [-0.15, -0.1) is 0 Å². The molecule has 4 heterocycles. The van der Waals surface area contributed by atoms with Gasteiger partial charge >= 0.3 is 6.09 Å². The maximum Gasteiger partial charge on any atom is 0.410 e. The van der Waals surface area contributed by atoms with E-state index in [1.165, 1.54) is 6.07 Å². The Hall–Kier alpha value is -3.88. The van der Waals surface area contributed by atoms with Crippen LogP contribution in [0.3, 0.4) is 0 Å². The van der Waals surface area contributed by atoms with Crippen LogP contribution in [-0.4, -0.2) is 49.7 Å². The van der Waals surface area contributed by atoms with Crippen molar-refractivity contribution in [2.24, 2.45) is 0 Å². The normalized spacial score (nSPS) is 18.5. The van der Waals surface area contributed by atoms with E-state index in [4.69, 9.17) is 9.47 Å². The van der Waals surface area contributed by atoms with Gasteiger partial charge in [-0.1, -0.05) is 0 Å². The average Bonchev–Trinajstić information content (AvgIpc) is 3.51. The molecule has 0 bridgehead atoms. The fraction of sp³-hybridized carbons (Fsp3) is 0.452. The Kier molecular flexibility index (Phi) is 5.98. The lowest BCUT2D eigenvalue weighted by atomic mass is 9.94. The summed E-state index contributed by atoms with van der Waals surface area (Å²) >= 11 is 0. The molecule has 1 atom stereocenters. The third-order valence-electron chi connectivity index (χ3n) is 8.25. The number of halogens is 1. The maximum atomic E-state index is 15.7. The predicted molar refractivity (Wildman–Crippen MR) is 152 cm³/mol. The van der Waals surface area contributed by atoms with Gasteiger partial charge in [0.1, 0.15) is 22.8 Å². The van der Waals surface area contributed by atoms with Crippen LogP contribution >= 0.6 is 0 Å². The number of pyridine rings is 2. The number of amides is 1. The number of fused-ring (bicyclic) bond motifs is 2. The molecule has 1 spiro atoms. The quantitative estimate of drug-likeness (QED) is 0.306. The number of hydrogen-bond donors (Lipinski definition) is 0. The number of hydrogen-bond acceptors (Lipinski definition) is 5. The van der Waals surface area contributed by atoms with Crippen molar-refractivity contribution >= 4 is 22.5 Å². The van der Waals surface area contributed by atoms with Crippen molar-refractivity contribution in [3.05, 3.63) is 64.2 Å². The summed E-state index contributed by atoms with van der Waals surface area (Å²) in [5.74, 6) is 0.0532. The number of benzene rings is 1. The lowest BCUT2D eigenvalue weighted by molar-refractivity contribution is 0.000497. The molecule has 1 saturated carbocycles. The van der Waals surface area contributed by atoms with Gasteiger partial charge in [-0.25, -0.2) is 14.2 Å². The van der Waals surface area contributed by atoms with Gasteiger partial charge in [0, 0.05) is 47.8 Å². The summed E-state index contributed by atoms with van der Waals surface area (Å²) in [5, 5.41) is 0.603. The van der Waals surface area contributed by atoms with Crippen LogP contribution in [0.25, 0.3) is 27.5 Å². The fourth-order valence-electron chi connectivity index (χ4n) is 6.27. The van der Waals surface area contributed by atoms with E-state index in [2.05, 4.69) is 4.98 Å². The zero-order valence-corrected chi connectivity index (χ0v) is 23.9. The van der Waals surface area contributed by atoms with E-state index in [0.717, 1.165) is 35.3 Å². The van der Waals surface area contributed by atoms with E-state index in [0.29, 0.717) is 36.1 Å². The minimum Gasteiger partial charge on any atom is -0.496 e. The molecule has 1 amide bonds. The minimum absolute atomic E-state index is 0.0703. The fourth-order valence-corrected chi connectivity index (χ4v) is 6.27. The predicted octanol–water partition coefficient (Wildman–Crippen LogP) is 6.19. The van der Waals surface area contributed by atoms with E-state index in [1.54, 1.807) is 17.9 Å². The van der Waals surface area contributed by atoms with Gasteiger partial charge < -0.3 is 23.3 Å². The number of piperidine rings is 1. The molecule has 1 aliphatic carbocycles. The number of nitrogens with zero attached hydrogens (tertiary/aromatic N) is 4. The molecule has 4 aromatic rings. The summed E-state index contributed by atoms with van der Waals surface area (Å²) in [6.45, 7) is 9.94. The molecule has 2 aliphatic rings. The molecule has 210 valence electrons. The van der Waals surface area contributed by atoms with Crippen molar-refractivity contribution in [3.63, 3.8) is 0 Å². The highest BCUT2D eigenvalue weighted by Gasteiger charge is 2.54. The van der Waals surface area contributed by atoms with Crippen molar-refractivity contribution in [1.82, 2.24) is 18.9 Å². The van der Waals surface area contributed by atoms with Crippen molar-refractivity contribution in [2.75, 3.05) is 13.7 Å². The lowest BCUT2D eigenvalue weighted by Crippen LogP contribution is -2.50. The Morgan fingerprint density at radius 2 is 1.93 bits per heavy atom. The molecular formula is C31H35FN4O4. The number of carbonyl (C=O) groups is 1. The average molecular weight is 547 g/mol. The van der Waals surface area contributed by atoms with Gasteiger partial charge in [0.25, 0.3) is 5.56 Å². The molecule has 8 nitrogen and oxygen atoms in total. The summed E-state index contributed by atoms with van der Waals surface area (Å²) in [4.78, 5) is 32.9. The molecule has 1 aliphatic heterocycles. The molecule has 0 radical (unpaired) electrons. The van der Waals surface area contributed by atoms with E-state index in [1.807, 2.05) is 68.4 Å². The maximum absolute atomic E-state index is 15.7. The summed E-state index contributed by atoms with van der Waals surface area (Å²) in [6, 6.07) is 4.94. The van der Waals surface area contributed by atoms with Gasteiger partial charge in [0.2, 0.25) is 0 Å². The highest BCUT2D eigenvalue weighted by Crippen LogP contribution is 2.51. The second-order valence-electron chi connectivity index (χ2n) is 12.3. The molecule has 1 unspecified atom stereocenters. The Labute approximate surface area is 232 Å².